The number of rotatable bonds is 5. The van der Waals surface area contributed by atoms with Gasteiger partial charge < -0.3 is 9.80 Å². The van der Waals surface area contributed by atoms with Gasteiger partial charge in [0.05, 0.1) is 5.41 Å². The number of carbonyl (C=O) groups is 1. The lowest BCUT2D eigenvalue weighted by Gasteiger charge is -2.50. The highest BCUT2D eigenvalue weighted by Crippen LogP contribution is 2.44. The average Bonchev–Trinajstić information content (AvgIpc) is 2.72. The van der Waals surface area contributed by atoms with Gasteiger partial charge in [0.15, 0.2) is 0 Å². The first-order valence-electron chi connectivity index (χ1n) is 11.5. The van der Waals surface area contributed by atoms with Crippen molar-refractivity contribution < 1.29 is 13.2 Å². The predicted molar refractivity (Wildman–Crippen MR) is 121 cm³/mol. The highest BCUT2D eigenvalue weighted by atomic mass is 32.2. The standard InChI is InChI=1S/C23H36N4O3S/c1-22(2)9-7-19(8-10-22)26-14-11-23(12-15-26)20-6-4-3-5-18(20)17-27(21(23)28)16-13-25-31(24,29)30/h3-6,19,25H,7-17H2,1-2H3,(H2,24,29,30). The maximum atomic E-state index is 13.7. The molecule has 172 valence electrons. The number of hydrogen-bond acceptors (Lipinski definition) is 4. The minimum absolute atomic E-state index is 0.131. The van der Waals surface area contributed by atoms with Crippen LogP contribution in [0.15, 0.2) is 24.3 Å². The van der Waals surface area contributed by atoms with Crippen molar-refractivity contribution in [2.24, 2.45) is 10.6 Å². The molecule has 1 aliphatic carbocycles. The second-order valence-electron chi connectivity index (χ2n) is 10.3. The van der Waals surface area contributed by atoms with E-state index in [9.17, 15) is 13.2 Å². The van der Waals surface area contributed by atoms with E-state index in [2.05, 4.69) is 35.6 Å². The summed E-state index contributed by atoms with van der Waals surface area (Å²) in [7, 11) is -3.76. The first kappa shape index (κ1) is 22.7. The van der Waals surface area contributed by atoms with E-state index in [4.69, 9.17) is 5.14 Å². The van der Waals surface area contributed by atoms with Crippen LogP contribution >= 0.6 is 0 Å². The van der Waals surface area contributed by atoms with Crippen LogP contribution in [0.5, 0.6) is 0 Å². The number of likely N-dealkylation sites (tertiary alicyclic amines) is 1. The maximum absolute atomic E-state index is 13.7. The largest absolute Gasteiger partial charge is 0.336 e. The van der Waals surface area contributed by atoms with E-state index in [0.717, 1.165) is 25.9 Å². The summed E-state index contributed by atoms with van der Waals surface area (Å²) < 4.78 is 24.8. The molecular formula is C23H36N4O3S. The van der Waals surface area contributed by atoms with Crippen LogP contribution in [-0.4, -0.2) is 56.3 Å². The third kappa shape index (κ3) is 4.82. The summed E-state index contributed by atoms with van der Waals surface area (Å²) in [4.78, 5) is 18.1. The Hall–Kier alpha value is -1.48. The first-order valence-corrected chi connectivity index (χ1v) is 13.0. The fraction of sp³-hybridized carbons (Fsp3) is 0.696. The van der Waals surface area contributed by atoms with Crippen LogP contribution in [0.3, 0.4) is 0 Å². The van der Waals surface area contributed by atoms with E-state index in [1.807, 2.05) is 12.1 Å². The third-order valence-corrected chi connectivity index (χ3v) is 8.36. The summed E-state index contributed by atoms with van der Waals surface area (Å²) in [5.74, 6) is 0.131. The van der Waals surface area contributed by atoms with Gasteiger partial charge in [-0.1, -0.05) is 38.1 Å². The molecule has 0 radical (unpaired) electrons. The summed E-state index contributed by atoms with van der Waals surface area (Å²) in [6, 6.07) is 8.89. The molecule has 1 aromatic rings. The molecule has 8 heteroatoms. The summed E-state index contributed by atoms with van der Waals surface area (Å²) in [6.07, 6.45) is 6.67. The van der Waals surface area contributed by atoms with Crippen molar-refractivity contribution in [3.63, 3.8) is 0 Å². The number of carbonyl (C=O) groups excluding carboxylic acids is 1. The minimum Gasteiger partial charge on any atom is -0.336 e. The Morgan fingerprint density at radius 1 is 1.10 bits per heavy atom. The normalized spacial score (nSPS) is 24.4. The summed E-state index contributed by atoms with van der Waals surface area (Å²) in [5, 5.41) is 5.05. The van der Waals surface area contributed by atoms with Crippen LogP contribution in [-0.2, 0) is 27.0 Å². The quantitative estimate of drug-likeness (QED) is 0.721. The Balaban J connectivity index is 1.49. The van der Waals surface area contributed by atoms with E-state index in [1.165, 1.54) is 36.8 Å². The van der Waals surface area contributed by atoms with Crippen LogP contribution in [0.1, 0.15) is 63.5 Å². The number of nitrogens with zero attached hydrogens (tertiary/aromatic N) is 2. The van der Waals surface area contributed by atoms with Gasteiger partial charge in [-0.2, -0.15) is 8.42 Å². The van der Waals surface area contributed by atoms with Gasteiger partial charge in [0, 0.05) is 25.7 Å². The molecule has 0 atom stereocenters. The van der Waals surface area contributed by atoms with Crippen molar-refractivity contribution in [2.45, 2.75) is 70.4 Å². The molecular weight excluding hydrogens is 412 g/mol. The van der Waals surface area contributed by atoms with E-state index >= 15 is 0 Å². The van der Waals surface area contributed by atoms with Crippen LogP contribution in [0.2, 0.25) is 0 Å². The topological polar surface area (TPSA) is 95.7 Å². The van der Waals surface area contributed by atoms with E-state index in [1.54, 1.807) is 4.90 Å². The summed E-state index contributed by atoms with van der Waals surface area (Å²) in [5.41, 5.74) is 2.30. The molecule has 1 saturated heterocycles. The summed E-state index contributed by atoms with van der Waals surface area (Å²) >= 11 is 0. The molecule has 2 fully saturated rings. The molecule has 7 nitrogen and oxygen atoms in total. The highest BCUT2D eigenvalue weighted by molar-refractivity contribution is 7.87. The molecule has 0 bridgehead atoms. The van der Waals surface area contributed by atoms with Crippen molar-refractivity contribution in [1.29, 1.82) is 0 Å². The zero-order valence-corrected chi connectivity index (χ0v) is 19.6. The van der Waals surface area contributed by atoms with Crippen molar-refractivity contribution in [3.8, 4) is 0 Å². The number of hydrogen-bond donors (Lipinski definition) is 2. The number of nitrogens with one attached hydrogen (secondary N) is 1. The Kier molecular flexibility index (Phi) is 6.20. The van der Waals surface area contributed by atoms with Gasteiger partial charge >= 0.3 is 0 Å². The third-order valence-electron chi connectivity index (χ3n) is 7.75. The molecule has 31 heavy (non-hydrogen) atoms. The monoisotopic (exact) mass is 448 g/mol. The minimum atomic E-state index is -3.76. The molecule has 2 heterocycles. The lowest BCUT2D eigenvalue weighted by molar-refractivity contribution is -0.142. The number of amides is 1. The van der Waals surface area contributed by atoms with Gasteiger partial charge in [-0.15, -0.1) is 0 Å². The fourth-order valence-electron chi connectivity index (χ4n) is 5.83. The number of piperidine rings is 1. The SMILES string of the molecule is CC1(C)CCC(N2CCC3(CC2)C(=O)N(CCNS(N)(=O)=O)Cc2ccccc23)CC1. The maximum Gasteiger partial charge on any atom is 0.274 e. The molecule has 0 unspecified atom stereocenters. The Morgan fingerprint density at radius 2 is 1.74 bits per heavy atom. The Labute approximate surface area is 186 Å². The van der Waals surface area contributed by atoms with Crippen LogP contribution < -0.4 is 9.86 Å². The smallest absolute Gasteiger partial charge is 0.274 e. The van der Waals surface area contributed by atoms with Crippen LogP contribution in [0.4, 0.5) is 0 Å². The fourth-order valence-corrected chi connectivity index (χ4v) is 6.20. The molecule has 1 amide bonds. The van der Waals surface area contributed by atoms with Gasteiger partial charge in [0.1, 0.15) is 0 Å². The van der Waals surface area contributed by atoms with Gasteiger partial charge in [-0.05, 0) is 68.2 Å². The van der Waals surface area contributed by atoms with Crippen LogP contribution in [0.25, 0.3) is 0 Å². The van der Waals surface area contributed by atoms with Gasteiger partial charge in [0.25, 0.3) is 10.2 Å². The summed E-state index contributed by atoms with van der Waals surface area (Å²) in [6.45, 7) is 7.59. The Bertz CT molecular complexity index is 913. The molecule has 3 N–H and O–H groups in total. The first-order chi connectivity index (χ1) is 14.6. The van der Waals surface area contributed by atoms with E-state index in [0.29, 0.717) is 24.5 Å². The molecule has 1 aromatic carbocycles. The van der Waals surface area contributed by atoms with Gasteiger partial charge in [0.2, 0.25) is 5.91 Å². The highest BCUT2D eigenvalue weighted by Gasteiger charge is 2.49. The second-order valence-corrected chi connectivity index (χ2v) is 11.7. The van der Waals surface area contributed by atoms with Crippen molar-refractivity contribution >= 4 is 16.1 Å². The molecule has 3 aliphatic rings. The van der Waals surface area contributed by atoms with Gasteiger partial charge in [-0.3, -0.25) is 4.79 Å². The molecule has 1 saturated carbocycles. The number of benzene rings is 1. The van der Waals surface area contributed by atoms with Crippen molar-refractivity contribution in [1.82, 2.24) is 14.5 Å². The van der Waals surface area contributed by atoms with Gasteiger partial charge in [-0.25, -0.2) is 9.86 Å². The lowest BCUT2D eigenvalue weighted by Crippen LogP contribution is -2.58. The molecule has 2 aliphatic heterocycles. The zero-order chi connectivity index (χ0) is 22.3. The average molecular weight is 449 g/mol. The van der Waals surface area contributed by atoms with Crippen LogP contribution in [0, 0.1) is 5.41 Å². The van der Waals surface area contributed by atoms with E-state index in [-0.39, 0.29) is 12.5 Å². The van der Waals surface area contributed by atoms with Crippen molar-refractivity contribution in [3.05, 3.63) is 35.4 Å². The predicted octanol–water partition coefficient (Wildman–Crippen LogP) is 2.12. The molecule has 1 spiro atoms. The number of fused-ring (bicyclic) bond motifs is 2. The lowest BCUT2D eigenvalue weighted by atomic mass is 9.67. The molecule has 4 rings (SSSR count). The number of nitrogens with two attached hydrogens (primary N) is 1. The second kappa shape index (κ2) is 8.46. The van der Waals surface area contributed by atoms with Crippen molar-refractivity contribution in [2.75, 3.05) is 26.2 Å². The Morgan fingerprint density at radius 3 is 2.39 bits per heavy atom. The van der Waals surface area contributed by atoms with E-state index < -0.39 is 15.6 Å². The zero-order valence-electron chi connectivity index (χ0n) is 18.8. The molecule has 0 aromatic heterocycles.